The molecular formula is C8H5BrFNO2. The van der Waals surface area contributed by atoms with E-state index in [1.165, 1.54) is 12.1 Å². The summed E-state index contributed by atoms with van der Waals surface area (Å²) >= 11 is 3.14. The lowest BCUT2D eigenvalue weighted by molar-refractivity contribution is -0.118. The molecule has 1 N–H and O–H groups in total. The molecule has 0 aliphatic carbocycles. The van der Waals surface area contributed by atoms with E-state index in [-0.39, 0.29) is 12.5 Å². The molecule has 1 heterocycles. The van der Waals surface area contributed by atoms with Crippen LogP contribution in [0.1, 0.15) is 0 Å². The second-order valence-electron chi connectivity index (χ2n) is 2.60. The second kappa shape index (κ2) is 2.99. The van der Waals surface area contributed by atoms with Crippen molar-refractivity contribution in [1.82, 2.24) is 0 Å². The molecule has 1 aromatic rings. The van der Waals surface area contributed by atoms with E-state index in [1.54, 1.807) is 0 Å². The van der Waals surface area contributed by atoms with E-state index >= 15 is 0 Å². The molecule has 3 nitrogen and oxygen atoms in total. The molecular weight excluding hydrogens is 241 g/mol. The van der Waals surface area contributed by atoms with Crippen LogP contribution in [0.4, 0.5) is 10.1 Å². The molecule has 0 spiro atoms. The Balaban J connectivity index is 2.53. The average molecular weight is 246 g/mol. The molecule has 0 fully saturated rings. The zero-order chi connectivity index (χ0) is 9.42. The van der Waals surface area contributed by atoms with Crippen LogP contribution in [0.15, 0.2) is 16.6 Å². The van der Waals surface area contributed by atoms with Gasteiger partial charge in [-0.2, -0.15) is 0 Å². The quantitative estimate of drug-likeness (QED) is 0.759. The van der Waals surface area contributed by atoms with Crippen molar-refractivity contribution in [2.75, 3.05) is 11.9 Å². The highest BCUT2D eigenvalue weighted by Gasteiger charge is 2.19. The highest BCUT2D eigenvalue weighted by atomic mass is 79.9. The molecule has 13 heavy (non-hydrogen) atoms. The van der Waals surface area contributed by atoms with E-state index in [0.717, 1.165) is 0 Å². The molecule has 0 saturated heterocycles. The lowest BCUT2D eigenvalue weighted by atomic mass is 10.2. The molecule has 0 saturated carbocycles. The Labute approximate surface area is 82.0 Å². The summed E-state index contributed by atoms with van der Waals surface area (Å²) in [6.45, 7) is -0.0305. The maximum Gasteiger partial charge on any atom is 0.262 e. The van der Waals surface area contributed by atoms with Crippen LogP contribution in [0.5, 0.6) is 5.75 Å². The molecule has 0 atom stereocenters. The zero-order valence-electron chi connectivity index (χ0n) is 6.43. The van der Waals surface area contributed by atoms with Crippen LogP contribution in [0.25, 0.3) is 0 Å². The first-order chi connectivity index (χ1) is 6.16. The van der Waals surface area contributed by atoms with Crippen LogP contribution in [0.3, 0.4) is 0 Å². The molecule has 1 aromatic carbocycles. The van der Waals surface area contributed by atoms with Gasteiger partial charge in [0.15, 0.2) is 12.4 Å². The van der Waals surface area contributed by atoms with Crippen molar-refractivity contribution in [2.24, 2.45) is 0 Å². The van der Waals surface area contributed by atoms with Crippen LogP contribution in [-0.4, -0.2) is 12.5 Å². The summed E-state index contributed by atoms with van der Waals surface area (Å²) in [6, 6.07) is 2.51. The Kier molecular flexibility index (Phi) is 1.95. The van der Waals surface area contributed by atoms with Crippen LogP contribution in [0, 0.1) is 5.82 Å². The second-order valence-corrected chi connectivity index (χ2v) is 3.46. The van der Waals surface area contributed by atoms with Gasteiger partial charge in [0.1, 0.15) is 5.82 Å². The van der Waals surface area contributed by atoms with E-state index in [1.807, 2.05) is 0 Å². The first kappa shape index (κ1) is 8.50. The minimum absolute atomic E-state index is 0.0305. The summed E-state index contributed by atoms with van der Waals surface area (Å²) in [7, 11) is 0. The molecule has 1 aliphatic rings. The first-order valence-electron chi connectivity index (χ1n) is 3.58. The van der Waals surface area contributed by atoms with Crippen molar-refractivity contribution in [3.63, 3.8) is 0 Å². The Morgan fingerprint density at radius 2 is 2.31 bits per heavy atom. The fourth-order valence-electron chi connectivity index (χ4n) is 1.12. The third-order valence-electron chi connectivity index (χ3n) is 1.63. The number of rotatable bonds is 0. The maximum atomic E-state index is 12.8. The number of hydrogen-bond donors (Lipinski definition) is 1. The van der Waals surface area contributed by atoms with E-state index in [0.29, 0.717) is 15.9 Å². The number of amides is 1. The van der Waals surface area contributed by atoms with Crippen LogP contribution in [-0.2, 0) is 4.79 Å². The topological polar surface area (TPSA) is 38.3 Å². The minimum Gasteiger partial charge on any atom is -0.480 e. The Bertz CT molecular complexity index is 381. The lowest BCUT2D eigenvalue weighted by Crippen LogP contribution is -2.25. The van der Waals surface area contributed by atoms with Crippen molar-refractivity contribution < 1.29 is 13.9 Å². The lowest BCUT2D eigenvalue weighted by Gasteiger charge is -2.18. The smallest absolute Gasteiger partial charge is 0.262 e. The van der Waals surface area contributed by atoms with Gasteiger partial charge in [0.2, 0.25) is 0 Å². The van der Waals surface area contributed by atoms with E-state index < -0.39 is 5.82 Å². The maximum absolute atomic E-state index is 12.8. The molecule has 1 amide bonds. The SMILES string of the molecule is O=C1COc2c(Br)cc(F)cc2N1. The normalized spacial score (nSPS) is 14.5. The predicted octanol–water partition coefficient (Wildman–Crippen LogP) is 1.92. The van der Waals surface area contributed by atoms with Crippen molar-refractivity contribution in [3.05, 3.63) is 22.4 Å². The van der Waals surface area contributed by atoms with Gasteiger partial charge in [-0.15, -0.1) is 0 Å². The third-order valence-corrected chi connectivity index (χ3v) is 2.22. The van der Waals surface area contributed by atoms with E-state index in [9.17, 15) is 9.18 Å². The summed E-state index contributed by atoms with van der Waals surface area (Å²) in [6.07, 6.45) is 0. The number of carbonyl (C=O) groups is 1. The van der Waals surface area contributed by atoms with Gasteiger partial charge in [-0.05, 0) is 22.0 Å². The number of fused-ring (bicyclic) bond motifs is 1. The van der Waals surface area contributed by atoms with Crippen molar-refractivity contribution >= 4 is 27.5 Å². The standard InChI is InChI=1S/C8H5BrFNO2/c9-5-1-4(10)2-6-8(5)13-3-7(12)11-6/h1-2H,3H2,(H,11,12). The molecule has 0 bridgehead atoms. The van der Waals surface area contributed by atoms with Gasteiger partial charge in [0.05, 0.1) is 10.2 Å². The van der Waals surface area contributed by atoms with Gasteiger partial charge < -0.3 is 10.1 Å². The largest absolute Gasteiger partial charge is 0.480 e. The van der Waals surface area contributed by atoms with Crippen LogP contribution < -0.4 is 10.1 Å². The minimum atomic E-state index is -0.420. The molecule has 1 aliphatic heterocycles. The average Bonchev–Trinajstić information content (AvgIpc) is 2.02. The zero-order valence-corrected chi connectivity index (χ0v) is 8.02. The number of benzene rings is 1. The van der Waals surface area contributed by atoms with Gasteiger partial charge >= 0.3 is 0 Å². The number of ether oxygens (including phenoxy) is 1. The Hall–Kier alpha value is -1.10. The highest BCUT2D eigenvalue weighted by Crippen LogP contribution is 2.36. The number of hydrogen-bond acceptors (Lipinski definition) is 2. The summed E-state index contributed by atoms with van der Waals surface area (Å²) in [4.78, 5) is 10.9. The van der Waals surface area contributed by atoms with Crippen LogP contribution in [0.2, 0.25) is 0 Å². The van der Waals surface area contributed by atoms with Crippen LogP contribution >= 0.6 is 15.9 Å². The molecule has 0 aromatic heterocycles. The fourth-order valence-corrected chi connectivity index (χ4v) is 1.67. The van der Waals surface area contributed by atoms with Crippen molar-refractivity contribution in [1.29, 1.82) is 0 Å². The number of anilines is 1. The number of carbonyl (C=O) groups excluding carboxylic acids is 1. The van der Waals surface area contributed by atoms with Crippen molar-refractivity contribution in [3.8, 4) is 5.75 Å². The number of halogens is 2. The fraction of sp³-hybridized carbons (Fsp3) is 0.125. The number of nitrogens with one attached hydrogen (secondary N) is 1. The highest BCUT2D eigenvalue weighted by molar-refractivity contribution is 9.10. The third kappa shape index (κ3) is 1.51. The molecule has 68 valence electrons. The monoisotopic (exact) mass is 245 g/mol. The predicted molar refractivity (Wildman–Crippen MR) is 48.2 cm³/mol. The van der Waals surface area contributed by atoms with E-state index in [4.69, 9.17) is 4.74 Å². The molecule has 5 heteroatoms. The van der Waals surface area contributed by atoms with Crippen molar-refractivity contribution in [2.45, 2.75) is 0 Å². The molecule has 0 unspecified atom stereocenters. The van der Waals surface area contributed by atoms with E-state index in [2.05, 4.69) is 21.2 Å². The summed E-state index contributed by atoms with van der Waals surface area (Å²) < 4.78 is 18.4. The summed E-state index contributed by atoms with van der Waals surface area (Å²) in [5.74, 6) is -0.220. The summed E-state index contributed by atoms with van der Waals surface area (Å²) in [5, 5.41) is 2.51. The molecule has 0 radical (unpaired) electrons. The van der Waals surface area contributed by atoms with Gasteiger partial charge in [-0.1, -0.05) is 0 Å². The molecule has 2 rings (SSSR count). The van der Waals surface area contributed by atoms with Gasteiger partial charge in [0, 0.05) is 6.07 Å². The van der Waals surface area contributed by atoms with Gasteiger partial charge in [-0.3, -0.25) is 4.79 Å². The van der Waals surface area contributed by atoms with Gasteiger partial charge in [0.25, 0.3) is 5.91 Å². The Morgan fingerprint density at radius 1 is 1.54 bits per heavy atom. The first-order valence-corrected chi connectivity index (χ1v) is 4.38. The Morgan fingerprint density at radius 3 is 3.08 bits per heavy atom. The van der Waals surface area contributed by atoms with Gasteiger partial charge in [-0.25, -0.2) is 4.39 Å². The summed E-state index contributed by atoms with van der Waals surface area (Å²) in [5.41, 5.74) is 0.364.